The number of benzene rings is 1. The van der Waals surface area contributed by atoms with Crippen molar-refractivity contribution in [3.63, 3.8) is 0 Å². The van der Waals surface area contributed by atoms with E-state index in [-0.39, 0.29) is 6.10 Å². The highest BCUT2D eigenvalue weighted by molar-refractivity contribution is 7.41. The standard InChI is InChI=1S/C15H21O4P/c1-12(15(16)18-13-8-4-2-5-9-13)20(17)19-14-10-6-3-7-11-14/h3,6-7,10-13,20H,2,4-5,8-9H2,1H3/t12-/m0/s1. The molecule has 20 heavy (non-hydrogen) atoms. The summed E-state index contributed by atoms with van der Waals surface area (Å²) in [7, 11) is -2.49. The second kappa shape index (κ2) is 7.49. The number of hydrogen-bond acceptors (Lipinski definition) is 4. The topological polar surface area (TPSA) is 52.6 Å². The van der Waals surface area contributed by atoms with Crippen molar-refractivity contribution in [2.45, 2.75) is 50.8 Å². The van der Waals surface area contributed by atoms with Crippen LogP contribution < -0.4 is 4.52 Å². The third kappa shape index (κ3) is 4.38. The highest BCUT2D eigenvalue weighted by Gasteiger charge is 2.26. The van der Waals surface area contributed by atoms with Gasteiger partial charge >= 0.3 is 5.97 Å². The predicted molar refractivity (Wildman–Crippen MR) is 78.5 cm³/mol. The van der Waals surface area contributed by atoms with Gasteiger partial charge in [0.1, 0.15) is 17.5 Å². The molecule has 1 fully saturated rings. The molecule has 0 aromatic heterocycles. The quantitative estimate of drug-likeness (QED) is 0.612. The van der Waals surface area contributed by atoms with Crippen LogP contribution in [0.1, 0.15) is 39.0 Å². The number of ether oxygens (including phenoxy) is 1. The molecule has 0 saturated heterocycles. The number of para-hydroxylation sites is 1. The molecule has 0 amide bonds. The Hall–Kier alpha value is -1.28. The van der Waals surface area contributed by atoms with E-state index in [1.54, 1.807) is 31.2 Å². The summed E-state index contributed by atoms with van der Waals surface area (Å²) in [5.74, 6) is 0.116. The summed E-state index contributed by atoms with van der Waals surface area (Å²) < 4.78 is 22.8. The Morgan fingerprint density at radius 3 is 2.50 bits per heavy atom. The van der Waals surface area contributed by atoms with E-state index >= 15 is 0 Å². The third-order valence-corrected chi connectivity index (χ3v) is 4.88. The molecule has 1 aromatic carbocycles. The van der Waals surface area contributed by atoms with Crippen LogP contribution >= 0.6 is 8.03 Å². The van der Waals surface area contributed by atoms with Gasteiger partial charge in [-0.1, -0.05) is 24.6 Å². The van der Waals surface area contributed by atoms with E-state index in [4.69, 9.17) is 9.26 Å². The summed E-state index contributed by atoms with van der Waals surface area (Å²) in [6.45, 7) is 1.61. The Morgan fingerprint density at radius 1 is 1.20 bits per heavy atom. The molecule has 1 aliphatic carbocycles. The molecule has 0 heterocycles. The van der Waals surface area contributed by atoms with Gasteiger partial charge in [0, 0.05) is 0 Å². The summed E-state index contributed by atoms with van der Waals surface area (Å²) in [6, 6.07) is 8.90. The minimum atomic E-state index is -2.49. The molecule has 1 saturated carbocycles. The van der Waals surface area contributed by atoms with Gasteiger partial charge in [-0.25, -0.2) is 0 Å². The van der Waals surface area contributed by atoms with Crippen LogP contribution in [0.2, 0.25) is 0 Å². The van der Waals surface area contributed by atoms with E-state index in [1.165, 1.54) is 6.42 Å². The molecular formula is C15H21O4P. The predicted octanol–water partition coefficient (Wildman–Crippen LogP) is 3.80. The van der Waals surface area contributed by atoms with E-state index in [1.807, 2.05) is 6.07 Å². The fourth-order valence-electron chi connectivity index (χ4n) is 2.24. The maximum atomic E-state index is 12.1. The van der Waals surface area contributed by atoms with E-state index in [9.17, 15) is 9.36 Å². The molecule has 1 aliphatic rings. The molecule has 0 bridgehead atoms. The molecule has 0 N–H and O–H groups in total. The van der Waals surface area contributed by atoms with E-state index < -0.39 is 19.7 Å². The SMILES string of the molecule is C[C@@H](C(=O)OC1CCCCC1)[PH](=O)Oc1ccccc1. The molecule has 2 rings (SSSR count). The minimum Gasteiger partial charge on any atom is -0.462 e. The van der Waals surface area contributed by atoms with Crippen molar-refractivity contribution in [2.24, 2.45) is 0 Å². The smallest absolute Gasteiger partial charge is 0.319 e. The van der Waals surface area contributed by atoms with Crippen molar-refractivity contribution in [1.82, 2.24) is 0 Å². The fourth-order valence-corrected chi connectivity index (χ4v) is 3.04. The van der Waals surface area contributed by atoms with Crippen LogP contribution in [-0.4, -0.2) is 17.7 Å². The molecular weight excluding hydrogens is 275 g/mol. The van der Waals surface area contributed by atoms with Gasteiger partial charge in [-0.05, 0) is 44.7 Å². The van der Waals surface area contributed by atoms with Crippen LogP contribution in [0, 0.1) is 0 Å². The van der Waals surface area contributed by atoms with Crippen molar-refractivity contribution in [2.75, 3.05) is 0 Å². The Labute approximate surface area is 120 Å². The van der Waals surface area contributed by atoms with Crippen molar-refractivity contribution in [3.05, 3.63) is 30.3 Å². The zero-order chi connectivity index (χ0) is 14.4. The highest BCUT2D eigenvalue weighted by Crippen LogP contribution is 2.33. The molecule has 5 heteroatoms. The van der Waals surface area contributed by atoms with Gasteiger partial charge in [0.25, 0.3) is 0 Å². The summed E-state index contributed by atoms with van der Waals surface area (Å²) in [4.78, 5) is 12.0. The van der Waals surface area contributed by atoms with Gasteiger partial charge in [0.15, 0.2) is 0 Å². The summed E-state index contributed by atoms with van der Waals surface area (Å²) >= 11 is 0. The van der Waals surface area contributed by atoms with E-state index in [0.717, 1.165) is 25.7 Å². The average Bonchev–Trinajstić information content (AvgIpc) is 2.48. The number of carbonyl (C=O) groups is 1. The monoisotopic (exact) mass is 296 g/mol. The van der Waals surface area contributed by atoms with Crippen LogP contribution in [0.5, 0.6) is 5.75 Å². The molecule has 1 unspecified atom stereocenters. The first-order valence-electron chi connectivity index (χ1n) is 7.14. The lowest BCUT2D eigenvalue weighted by Crippen LogP contribution is -2.26. The van der Waals surface area contributed by atoms with Crippen LogP contribution in [0.25, 0.3) is 0 Å². The van der Waals surface area contributed by atoms with Crippen LogP contribution in [0.4, 0.5) is 0 Å². The van der Waals surface area contributed by atoms with Gasteiger partial charge in [0.2, 0.25) is 8.03 Å². The van der Waals surface area contributed by atoms with Gasteiger partial charge < -0.3 is 9.26 Å². The van der Waals surface area contributed by atoms with Crippen molar-refractivity contribution in [3.8, 4) is 5.75 Å². The van der Waals surface area contributed by atoms with Crippen LogP contribution in [0.3, 0.4) is 0 Å². The molecule has 0 radical (unpaired) electrons. The Kier molecular flexibility index (Phi) is 5.66. The highest BCUT2D eigenvalue weighted by atomic mass is 31.1. The lowest BCUT2D eigenvalue weighted by molar-refractivity contribution is -0.149. The Balaban J connectivity index is 1.84. The number of esters is 1. The largest absolute Gasteiger partial charge is 0.462 e. The first kappa shape index (κ1) is 15.1. The number of carbonyl (C=O) groups excluding carboxylic acids is 1. The Bertz CT molecular complexity index is 454. The maximum absolute atomic E-state index is 12.1. The molecule has 1 aromatic rings. The lowest BCUT2D eigenvalue weighted by Gasteiger charge is -2.23. The maximum Gasteiger partial charge on any atom is 0.319 e. The summed E-state index contributed by atoms with van der Waals surface area (Å²) in [6.07, 6.45) is 5.23. The zero-order valence-corrected chi connectivity index (χ0v) is 12.7. The van der Waals surface area contributed by atoms with Gasteiger partial charge in [-0.15, -0.1) is 0 Å². The van der Waals surface area contributed by atoms with Crippen molar-refractivity contribution in [1.29, 1.82) is 0 Å². The van der Waals surface area contributed by atoms with Crippen LogP contribution in [0.15, 0.2) is 30.3 Å². The minimum absolute atomic E-state index is 0.00905. The number of hydrogen-bond donors (Lipinski definition) is 0. The van der Waals surface area contributed by atoms with Crippen LogP contribution in [-0.2, 0) is 14.1 Å². The molecule has 110 valence electrons. The van der Waals surface area contributed by atoms with Crippen molar-refractivity contribution >= 4 is 14.0 Å². The summed E-state index contributed by atoms with van der Waals surface area (Å²) in [5, 5.41) is 0. The van der Waals surface area contributed by atoms with Gasteiger partial charge in [0.05, 0.1) is 0 Å². The Morgan fingerprint density at radius 2 is 1.85 bits per heavy atom. The van der Waals surface area contributed by atoms with Crippen molar-refractivity contribution < 1.29 is 18.6 Å². The normalized spacial score (nSPS) is 19.1. The fraction of sp³-hybridized carbons (Fsp3) is 0.533. The third-order valence-electron chi connectivity index (χ3n) is 3.50. The van der Waals surface area contributed by atoms with E-state index in [2.05, 4.69) is 0 Å². The first-order chi connectivity index (χ1) is 9.66. The first-order valence-corrected chi connectivity index (χ1v) is 8.53. The molecule has 2 atom stereocenters. The average molecular weight is 296 g/mol. The zero-order valence-electron chi connectivity index (χ0n) is 11.7. The van der Waals surface area contributed by atoms with E-state index in [0.29, 0.717) is 5.75 Å². The lowest BCUT2D eigenvalue weighted by atomic mass is 9.98. The second-order valence-electron chi connectivity index (χ2n) is 5.15. The molecule has 0 aliphatic heterocycles. The molecule has 4 nitrogen and oxygen atoms in total. The number of rotatable bonds is 5. The summed E-state index contributed by atoms with van der Waals surface area (Å²) in [5.41, 5.74) is -0.706. The van der Waals surface area contributed by atoms with Gasteiger partial charge in [-0.3, -0.25) is 9.36 Å². The second-order valence-corrected chi connectivity index (χ2v) is 6.86. The van der Waals surface area contributed by atoms with Gasteiger partial charge in [-0.2, -0.15) is 0 Å². The molecule has 0 spiro atoms.